The fourth-order valence-electron chi connectivity index (χ4n) is 3.88. The summed E-state index contributed by atoms with van der Waals surface area (Å²) in [6.45, 7) is 5.03. The van der Waals surface area contributed by atoms with Gasteiger partial charge < -0.3 is 9.64 Å². The normalized spacial score (nSPS) is 24.2. The molecule has 7 nitrogen and oxygen atoms in total. The van der Waals surface area contributed by atoms with E-state index in [1.807, 2.05) is 17.9 Å². The van der Waals surface area contributed by atoms with Gasteiger partial charge in [0.1, 0.15) is 6.10 Å². The molecule has 1 N–H and O–H groups in total. The smallest absolute Gasteiger partial charge is 0.275 e. The standard InChI is InChI=1S/C18H24N4O3/c1-11-12(2)19-16-10-13(20-22(16)17(11)23)14-6-3-4-8-21(14)18(24)15-7-5-9-25-15/h10,14-15,20H,3-9H2,1-2H3/t14-,15-/m1/s1. The van der Waals surface area contributed by atoms with Gasteiger partial charge in [0.15, 0.2) is 5.65 Å². The Hall–Kier alpha value is -2.15. The summed E-state index contributed by atoms with van der Waals surface area (Å²) >= 11 is 0. The molecule has 2 aromatic rings. The molecule has 0 aromatic carbocycles. The first-order chi connectivity index (χ1) is 12.1. The largest absolute Gasteiger partial charge is 0.368 e. The number of likely N-dealkylation sites (tertiary alicyclic amines) is 1. The number of nitrogens with one attached hydrogen (secondary N) is 1. The fourth-order valence-corrected chi connectivity index (χ4v) is 3.88. The van der Waals surface area contributed by atoms with Crippen molar-refractivity contribution in [1.29, 1.82) is 0 Å². The second-order valence-electron chi connectivity index (χ2n) is 7.08. The van der Waals surface area contributed by atoms with E-state index in [1.54, 1.807) is 6.92 Å². The Morgan fingerprint density at radius 3 is 2.88 bits per heavy atom. The Bertz CT molecular complexity index is 863. The molecule has 4 heterocycles. The first-order valence-electron chi connectivity index (χ1n) is 9.07. The van der Waals surface area contributed by atoms with Gasteiger partial charge in [0.25, 0.3) is 11.5 Å². The van der Waals surface area contributed by atoms with E-state index in [4.69, 9.17) is 4.74 Å². The van der Waals surface area contributed by atoms with Crippen LogP contribution in [-0.2, 0) is 9.53 Å². The van der Waals surface area contributed by atoms with Crippen LogP contribution in [-0.4, -0.2) is 44.7 Å². The number of piperidine rings is 1. The second-order valence-corrected chi connectivity index (χ2v) is 7.08. The highest BCUT2D eigenvalue weighted by atomic mass is 16.5. The molecule has 2 aliphatic heterocycles. The van der Waals surface area contributed by atoms with E-state index in [-0.39, 0.29) is 23.6 Å². The number of aromatic amines is 1. The lowest BCUT2D eigenvalue weighted by Crippen LogP contribution is -2.44. The number of ether oxygens (including phenoxy) is 1. The molecule has 25 heavy (non-hydrogen) atoms. The Labute approximate surface area is 146 Å². The molecular weight excluding hydrogens is 320 g/mol. The minimum absolute atomic E-state index is 0.0489. The van der Waals surface area contributed by atoms with Crippen molar-refractivity contribution in [2.75, 3.05) is 13.2 Å². The van der Waals surface area contributed by atoms with Gasteiger partial charge in [0, 0.05) is 30.5 Å². The molecule has 1 amide bonds. The highest BCUT2D eigenvalue weighted by Gasteiger charge is 2.35. The van der Waals surface area contributed by atoms with E-state index >= 15 is 0 Å². The van der Waals surface area contributed by atoms with Crippen LogP contribution in [0, 0.1) is 13.8 Å². The summed E-state index contributed by atoms with van der Waals surface area (Å²) in [5, 5.41) is 3.18. The van der Waals surface area contributed by atoms with Crippen LogP contribution in [0.1, 0.15) is 55.1 Å². The molecule has 2 fully saturated rings. The average molecular weight is 344 g/mol. The number of carbonyl (C=O) groups is 1. The van der Waals surface area contributed by atoms with Gasteiger partial charge in [-0.05, 0) is 46.0 Å². The summed E-state index contributed by atoms with van der Waals surface area (Å²) in [6.07, 6.45) is 4.39. The zero-order chi connectivity index (χ0) is 17.6. The van der Waals surface area contributed by atoms with E-state index in [1.165, 1.54) is 4.52 Å². The zero-order valence-corrected chi connectivity index (χ0v) is 14.7. The molecule has 2 saturated heterocycles. The monoisotopic (exact) mass is 344 g/mol. The van der Waals surface area contributed by atoms with E-state index in [9.17, 15) is 9.59 Å². The summed E-state index contributed by atoms with van der Waals surface area (Å²) in [4.78, 5) is 31.8. The van der Waals surface area contributed by atoms with Gasteiger partial charge >= 0.3 is 0 Å². The Kier molecular flexibility index (Phi) is 4.11. The van der Waals surface area contributed by atoms with Crippen LogP contribution in [0.4, 0.5) is 0 Å². The molecule has 0 saturated carbocycles. The highest BCUT2D eigenvalue weighted by Crippen LogP contribution is 2.32. The van der Waals surface area contributed by atoms with Crippen LogP contribution >= 0.6 is 0 Å². The summed E-state index contributed by atoms with van der Waals surface area (Å²) in [7, 11) is 0. The molecule has 0 radical (unpaired) electrons. The maximum absolute atomic E-state index is 12.9. The molecule has 2 atom stereocenters. The number of carbonyl (C=O) groups excluding carboxylic acids is 1. The third kappa shape index (κ3) is 2.76. The number of aromatic nitrogens is 3. The van der Waals surface area contributed by atoms with Crippen LogP contribution in [0.2, 0.25) is 0 Å². The van der Waals surface area contributed by atoms with E-state index < -0.39 is 0 Å². The van der Waals surface area contributed by atoms with Gasteiger partial charge in [-0.1, -0.05) is 0 Å². The molecule has 0 spiro atoms. The van der Waals surface area contributed by atoms with Gasteiger partial charge in [0.05, 0.1) is 11.7 Å². The molecule has 0 aliphatic carbocycles. The number of rotatable bonds is 2. The molecule has 2 aliphatic rings. The Balaban J connectivity index is 1.71. The van der Waals surface area contributed by atoms with Crippen LogP contribution in [0.15, 0.2) is 10.9 Å². The third-order valence-corrected chi connectivity index (χ3v) is 5.45. The predicted octanol–water partition coefficient (Wildman–Crippen LogP) is 1.87. The molecule has 0 unspecified atom stereocenters. The van der Waals surface area contributed by atoms with E-state index in [0.717, 1.165) is 50.0 Å². The van der Waals surface area contributed by atoms with Crippen molar-refractivity contribution in [3.63, 3.8) is 0 Å². The molecule has 134 valence electrons. The van der Waals surface area contributed by atoms with E-state index in [0.29, 0.717) is 17.8 Å². The minimum Gasteiger partial charge on any atom is -0.368 e. The fraction of sp³-hybridized carbons (Fsp3) is 0.611. The summed E-state index contributed by atoms with van der Waals surface area (Å²) in [6, 6.07) is 1.85. The first kappa shape index (κ1) is 16.3. The Morgan fingerprint density at radius 2 is 2.12 bits per heavy atom. The lowest BCUT2D eigenvalue weighted by atomic mass is 9.98. The number of hydrogen-bond donors (Lipinski definition) is 1. The van der Waals surface area contributed by atoms with Crippen molar-refractivity contribution < 1.29 is 9.53 Å². The number of amides is 1. The van der Waals surface area contributed by atoms with Gasteiger partial charge in [-0.15, -0.1) is 0 Å². The topological polar surface area (TPSA) is 79.7 Å². The second kappa shape index (κ2) is 6.29. The molecule has 4 rings (SSSR count). The molecule has 2 aromatic heterocycles. The van der Waals surface area contributed by atoms with Gasteiger partial charge in [-0.2, -0.15) is 0 Å². The summed E-state index contributed by atoms with van der Waals surface area (Å²) in [5.41, 5.74) is 2.79. The van der Waals surface area contributed by atoms with Crippen molar-refractivity contribution >= 4 is 11.6 Å². The van der Waals surface area contributed by atoms with Crippen LogP contribution < -0.4 is 5.56 Å². The van der Waals surface area contributed by atoms with Crippen LogP contribution in [0.25, 0.3) is 5.65 Å². The van der Waals surface area contributed by atoms with Crippen molar-refractivity contribution in [3.8, 4) is 0 Å². The number of H-pyrrole nitrogens is 1. The van der Waals surface area contributed by atoms with Crippen molar-refractivity contribution in [3.05, 3.63) is 33.4 Å². The van der Waals surface area contributed by atoms with Crippen molar-refractivity contribution in [1.82, 2.24) is 19.5 Å². The highest BCUT2D eigenvalue weighted by molar-refractivity contribution is 5.81. The average Bonchev–Trinajstić information content (AvgIpc) is 3.29. The third-order valence-electron chi connectivity index (χ3n) is 5.45. The van der Waals surface area contributed by atoms with Crippen molar-refractivity contribution in [2.45, 2.75) is 58.1 Å². The molecule has 7 heteroatoms. The lowest BCUT2D eigenvalue weighted by molar-refractivity contribution is -0.145. The van der Waals surface area contributed by atoms with Gasteiger partial charge in [0.2, 0.25) is 0 Å². The Morgan fingerprint density at radius 1 is 1.28 bits per heavy atom. The number of fused-ring (bicyclic) bond motifs is 1. The zero-order valence-electron chi connectivity index (χ0n) is 14.7. The van der Waals surface area contributed by atoms with E-state index in [2.05, 4.69) is 10.1 Å². The SMILES string of the molecule is Cc1nc2cc([C@H]3CCCCN3C(=O)[C@H]3CCCO3)[nH]n2c(=O)c1C. The van der Waals surface area contributed by atoms with Crippen LogP contribution in [0.5, 0.6) is 0 Å². The number of hydrogen-bond acceptors (Lipinski definition) is 4. The maximum atomic E-state index is 12.9. The predicted molar refractivity (Wildman–Crippen MR) is 92.6 cm³/mol. The lowest BCUT2D eigenvalue weighted by Gasteiger charge is -2.36. The van der Waals surface area contributed by atoms with Gasteiger partial charge in [-0.3, -0.25) is 14.7 Å². The number of aryl methyl sites for hydroxylation is 1. The van der Waals surface area contributed by atoms with Crippen LogP contribution in [0.3, 0.4) is 0 Å². The number of nitrogens with zero attached hydrogens (tertiary/aromatic N) is 3. The van der Waals surface area contributed by atoms with Crippen molar-refractivity contribution in [2.24, 2.45) is 0 Å². The van der Waals surface area contributed by atoms with Gasteiger partial charge in [-0.25, -0.2) is 9.50 Å². The minimum atomic E-state index is -0.310. The quantitative estimate of drug-likeness (QED) is 0.902. The maximum Gasteiger partial charge on any atom is 0.275 e. The summed E-state index contributed by atoms with van der Waals surface area (Å²) in [5.74, 6) is 0.0773. The molecular formula is C18H24N4O3. The summed E-state index contributed by atoms with van der Waals surface area (Å²) < 4.78 is 7.08. The first-order valence-corrected chi connectivity index (χ1v) is 9.07. The molecule has 0 bridgehead atoms.